The zero-order valence-corrected chi connectivity index (χ0v) is 12.6. The Bertz CT molecular complexity index is 733. The Kier molecular flexibility index (Phi) is 5.12. The van der Waals surface area contributed by atoms with Crippen molar-refractivity contribution in [2.24, 2.45) is 0 Å². The van der Waals surface area contributed by atoms with Gasteiger partial charge in [0.1, 0.15) is 11.5 Å². The number of Topliss-reactive ketones (excluding diaryl/α,β-unsaturated/α-hetero) is 1. The summed E-state index contributed by atoms with van der Waals surface area (Å²) in [6, 6.07) is 8.76. The quantitative estimate of drug-likeness (QED) is 0.818. The predicted molar refractivity (Wildman–Crippen MR) is 82.5 cm³/mol. The van der Waals surface area contributed by atoms with E-state index in [0.29, 0.717) is 22.0 Å². The lowest BCUT2D eigenvalue weighted by Crippen LogP contribution is -2.02. The fourth-order valence-electron chi connectivity index (χ4n) is 1.88. The van der Waals surface area contributed by atoms with Crippen molar-refractivity contribution in [2.75, 3.05) is 0 Å². The zero-order chi connectivity index (χ0) is 16.1. The normalized spacial score (nSPS) is 11.5. The molecule has 0 amide bonds. The summed E-state index contributed by atoms with van der Waals surface area (Å²) in [5.74, 6) is -0.853. The maximum absolute atomic E-state index is 11.2. The van der Waals surface area contributed by atoms with Crippen molar-refractivity contribution in [3.05, 3.63) is 46.7 Å². The highest BCUT2D eigenvalue weighted by molar-refractivity contribution is 6.33. The SMILES string of the molecule is CC(=O)CC/C(=C\c1cc(-c2ccccc2Cl)no1)C(=O)O. The molecular weight excluding hydrogens is 306 g/mol. The molecule has 0 saturated carbocycles. The number of rotatable bonds is 6. The van der Waals surface area contributed by atoms with Crippen LogP contribution >= 0.6 is 11.6 Å². The van der Waals surface area contributed by atoms with E-state index in [1.54, 1.807) is 24.3 Å². The molecule has 0 aliphatic heterocycles. The van der Waals surface area contributed by atoms with Crippen LogP contribution in [0.2, 0.25) is 5.02 Å². The summed E-state index contributed by atoms with van der Waals surface area (Å²) in [5, 5.41) is 13.6. The highest BCUT2D eigenvalue weighted by Crippen LogP contribution is 2.27. The van der Waals surface area contributed by atoms with Crippen molar-refractivity contribution in [3.63, 3.8) is 0 Å². The van der Waals surface area contributed by atoms with Gasteiger partial charge >= 0.3 is 5.97 Å². The third kappa shape index (κ3) is 4.05. The first kappa shape index (κ1) is 16.0. The monoisotopic (exact) mass is 319 g/mol. The van der Waals surface area contributed by atoms with Gasteiger partial charge in [-0.2, -0.15) is 0 Å². The predicted octanol–water partition coefficient (Wildman–Crippen LogP) is 3.83. The first-order valence-electron chi connectivity index (χ1n) is 6.62. The third-order valence-electron chi connectivity index (χ3n) is 3.02. The number of aromatic nitrogens is 1. The van der Waals surface area contributed by atoms with E-state index in [0.717, 1.165) is 0 Å². The van der Waals surface area contributed by atoms with E-state index >= 15 is 0 Å². The Morgan fingerprint density at radius 3 is 2.68 bits per heavy atom. The fraction of sp³-hybridized carbons (Fsp3) is 0.188. The number of aliphatic carboxylic acids is 1. The van der Waals surface area contributed by atoms with Gasteiger partial charge in [0.25, 0.3) is 0 Å². The van der Waals surface area contributed by atoms with E-state index in [4.69, 9.17) is 21.2 Å². The summed E-state index contributed by atoms with van der Waals surface area (Å²) < 4.78 is 5.13. The Balaban J connectivity index is 2.26. The fourth-order valence-corrected chi connectivity index (χ4v) is 2.11. The molecule has 0 saturated heterocycles. The van der Waals surface area contributed by atoms with Gasteiger partial charge in [-0.1, -0.05) is 35.0 Å². The number of carbonyl (C=O) groups is 2. The highest BCUT2D eigenvalue weighted by Gasteiger charge is 2.12. The molecule has 5 nitrogen and oxygen atoms in total. The molecule has 0 atom stereocenters. The van der Waals surface area contributed by atoms with Crippen LogP contribution in [0.1, 0.15) is 25.5 Å². The van der Waals surface area contributed by atoms with Crippen LogP contribution in [0.15, 0.2) is 40.4 Å². The molecule has 0 aliphatic carbocycles. The molecule has 0 fully saturated rings. The highest BCUT2D eigenvalue weighted by atomic mass is 35.5. The van der Waals surface area contributed by atoms with E-state index in [9.17, 15) is 9.59 Å². The van der Waals surface area contributed by atoms with Crippen molar-refractivity contribution >= 4 is 29.4 Å². The molecule has 1 aromatic carbocycles. The molecule has 1 N–H and O–H groups in total. The molecular formula is C16H14ClNO4. The average molecular weight is 320 g/mol. The standard InChI is InChI=1S/C16H14ClNO4/c1-10(19)6-7-11(16(20)21)8-12-9-15(18-22-12)13-4-2-3-5-14(13)17/h2-5,8-9H,6-7H2,1H3,(H,20,21)/b11-8+. The Labute approximate surface area is 132 Å². The number of carbonyl (C=O) groups excluding carboxylic acids is 1. The molecule has 0 bridgehead atoms. The van der Waals surface area contributed by atoms with E-state index in [1.807, 2.05) is 6.07 Å². The minimum Gasteiger partial charge on any atom is -0.478 e. The van der Waals surface area contributed by atoms with E-state index in [2.05, 4.69) is 5.16 Å². The smallest absolute Gasteiger partial charge is 0.331 e. The average Bonchev–Trinajstić information content (AvgIpc) is 2.91. The second kappa shape index (κ2) is 7.04. The summed E-state index contributed by atoms with van der Waals surface area (Å²) in [7, 11) is 0. The maximum atomic E-state index is 11.2. The van der Waals surface area contributed by atoms with E-state index in [-0.39, 0.29) is 24.2 Å². The molecule has 1 aromatic heterocycles. The van der Waals surface area contributed by atoms with Gasteiger partial charge in [0, 0.05) is 23.6 Å². The maximum Gasteiger partial charge on any atom is 0.331 e. The van der Waals surface area contributed by atoms with Gasteiger partial charge < -0.3 is 14.4 Å². The van der Waals surface area contributed by atoms with Crippen molar-refractivity contribution in [1.29, 1.82) is 0 Å². The van der Waals surface area contributed by atoms with Crippen LogP contribution in [0.5, 0.6) is 0 Å². The Hall–Kier alpha value is -2.40. The lowest BCUT2D eigenvalue weighted by Gasteiger charge is -1.98. The summed E-state index contributed by atoms with van der Waals surface area (Å²) in [6.07, 6.45) is 1.69. The molecule has 22 heavy (non-hydrogen) atoms. The van der Waals surface area contributed by atoms with E-state index < -0.39 is 5.97 Å². The molecule has 0 radical (unpaired) electrons. The molecule has 114 valence electrons. The first-order valence-corrected chi connectivity index (χ1v) is 7.00. The Morgan fingerprint density at radius 2 is 2.05 bits per heavy atom. The van der Waals surface area contributed by atoms with Crippen molar-refractivity contribution in [3.8, 4) is 11.3 Å². The number of ketones is 1. The number of hydrogen-bond donors (Lipinski definition) is 1. The van der Waals surface area contributed by atoms with Crippen LogP contribution in [0, 0.1) is 0 Å². The molecule has 2 rings (SSSR count). The van der Waals surface area contributed by atoms with Crippen LogP contribution in [-0.4, -0.2) is 22.0 Å². The summed E-state index contributed by atoms with van der Waals surface area (Å²) in [5.41, 5.74) is 1.32. The largest absolute Gasteiger partial charge is 0.478 e. The van der Waals surface area contributed by atoms with Gasteiger partial charge in [0.2, 0.25) is 0 Å². The number of nitrogens with zero attached hydrogens (tertiary/aromatic N) is 1. The topological polar surface area (TPSA) is 80.4 Å². The molecule has 0 unspecified atom stereocenters. The molecule has 6 heteroatoms. The van der Waals surface area contributed by atoms with Gasteiger partial charge in [-0.05, 0) is 25.5 Å². The summed E-state index contributed by atoms with van der Waals surface area (Å²) >= 11 is 6.08. The number of halogens is 1. The van der Waals surface area contributed by atoms with Gasteiger partial charge in [-0.25, -0.2) is 4.79 Å². The van der Waals surface area contributed by atoms with Crippen LogP contribution in [0.3, 0.4) is 0 Å². The van der Waals surface area contributed by atoms with Gasteiger partial charge in [0.05, 0.1) is 5.02 Å². The van der Waals surface area contributed by atoms with Crippen LogP contribution in [0.25, 0.3) is 17.3 Å². The third-order valence-corrected chi connectivity index (χ3v) is 3.35. The second-order valence-electron chi connectivity index (χ2n) is 4.77. The minimum atomic E-state index is -1.09. The summed E-state index contributed by atoms with van der Waals surface area (Å²) in [4.78, 5) is 22.2. The lowest BCUT2D eigenvalue weighted by atomic mass is 10.1. The zero-order valence-electron chi connectivity index (χ0n) is 11.9. The first-order chi connectivity index (χ1) is 10.5. The van der Waals surface area contributed by atoms with Gasteiger partial charge in [0.15, 0.2) is 5.76 Å². The molecule has 0 aliphatic rings. The number of carboxylic acid groups (broad SMARTS) is 1. The van der Waals surface area contributed by atoms with E-state index in [1.165, 1.54) is 13.0 Å². The lowest BCUT2D eigenvalue weighted by molar-refractivity contribution is -0.132. The van der Waals surface area contributed by atoms with Crippen molar-refractivity contribution < 1.29 is 19.2 Å². The summed E-state index contributed by atoms with van der Waals surface area (Å²) in [6.45, 7) is 1.42. The van der Waals surface area contributed by atoms with Crippen molar-refractivity contribution in [2.45, 2.75) is 19.8 Å². The second-order valence-corrected chi connectivity index (χ2v) is 5.18. The Morgan fingerprint density at radius 1 is 1.32 bits per heavy atom. The van der Waals surface area contributed by atoms with Gasteiger partial charge in [-0.3, -0.25) is 0 Å². The molecule has 2 aromatic rings. The van der Waals surface area contributed by atoms with Crippen LogP contribution in [0.4, 0.5) is 0 Å². The minimum absolute atomic E-state index is 0.0681. The number of benzene rings is 1. The van der Waals surface area contributed by atoms with Gasteiger partial charge in [-0.15, -0.1) is 0 Å². The van der Waals surface area contributed by atoms with Crippen LogP contribution in [-0.2, 0) is 9.59 Å². The number of carboxylic acids is 1. The molecule has 0 spiro atoms. The van der Waals surface area contributed by atoms with Crippen LogP contribution < -0.4 is 0 Å². The van der Waals surface area contributed by atoms with Crippen molar-refractivity contribution in [1.82, 2.24) is 5.16 Å². The number of hydrogen-bond acceptors (Lipinski definition) is 4. The molecule has 1 heterocycles.